The van der Waals surface area contributed by atoms with Crippen molar-refractivity contribution < 1.29 is 0 Å². The van der Waals surface area contributed by atoms with Crippen molar-refractivity contribution in [1.29, 1.82) is 0 Å². The van der Waals surface area contributed by atoms with Crippen LogP contribution in [0.4, 0.5) is 11.5 Å². The number of anilines is 2. The van der Waals surface area contributed by atoms with Crippen LogP contribution < -0.4 is 10.6 Å². The van der Waals surface area contributed by atoms with Gasteiger partial charge in [0.25, 0.3) is 0 Å². The Morgan fingerprint density at radius 3 is 2.72 bits per heavy atom. The van der Waals surface area contributed by atoms with E-state index in [0.717, 1.165) is 18.8 Å². The van der Waals surface area contributed by atoms with E-state index in [1.165, 1.54) is 44.2 Å². The molecule has 1 fully saturated rings. The van der Waals surface area contributed by atoms with E-state index in [0.29, 0.717) is 6.04 Å². The van der Waals surface area contributed by atoms with E-state index >= 15 is 0 Å². The normalized spacial score (nSPS) is 17.2. The molecule has 1 saturated carbocycles. The third-order valence-electron chi connectivity index (χ3n) is 3.54. The highest BCUT2D eigenvalue weighted by atomic mass is 15.0. The summed E-state index contributed by atoms with van der Waals surface area (Å²) in [6, 6.07) is 4.84. The quantitative estimate of drug-likeness (QED) is 0.771. The lowest BCUT2D eigenvalue weighted by Gasteiger charge is -2.18. The maximum Gasteiger partial charge on any atom is 0.127 e. The topological polar surface area (TPSA) is 37.0 Å². The molecule has 3 nitrogen and oxygen atoms in total. The molecule has 0 aromatic carbocycles. The van der Waals surface area contributed by atoms with Gasteiger partial charge in [0.05, 0.1) is 0 Å². The number of aromatic nitrogens is 1. The summed E-state index contributed by atoms with van der Waals surface area (Å²) >= 11 is 0. The van der Waals surface area contributed by atoms with E-state index in [1.54, 1.807) is 0 Å². The lowest BCUT2D eigenvalue weighted by atomic mass is 10.1. The fourth-order valence-corrected chi connectivity index (χ4v) is 2.53. The average Bonchev–Trinajstić information content (AvgIpc) is 2.65. The molecular weight excluding hydrogens is 222 g/mol. The summed E-state index contributed by atoms with van der Waals surface area (Å²) in [5, 5.41) is 6.99. The van der Waals surface area contributed by atoms with E-state index in [2.05, 4.69) is 34.7 Å². The van der Waals surface area contributed by atoms with Gasteiger partial charge in [-0.05, 0) is 25.3 Å². The fourth-order valence-electron chi connectivity index (χ4n) is 2.53. The van der Waals surface area contributed by atoms with Crippen molar-refractivity contribution in [3.8, 4) is 0 Å². The first-order valence-electron chi connectivity index (χ1n) is 7.35. The zero-order chi connectivity index (χ0) is 12.6. The Labute approximate surface area is 110 Å². The molecular formula is C15H25N3. The molecule has 0 amide bonds. The Kier molecular flexibility index (Phi) is 5.31. The highest BCUT2D eigenvalue weighted by molar-refractivity contribution is 5.52. The predicted molar refractivity (Wildman–Crippen MR) is 78.1 cm³/mol. The molecule has 0 spiro atoms. The minimum Gasteiger partial charge on any atom is -0.382 e. The van der Waals surface area contributed by atoms with Crippen LogP contribution in [0.25, 0.3) is 0 Å². The molecule has 1 aliphatic rings. The summed E-state index contributed by atoms with van der Waals surface area (Å²) in [5.41, 5.74) is 1.20. The molecule has 1 heterocycles. The van der Waals surface area contributed by atoms with Crippen molar-refractivity contribution in [2.75, 3.05) is 17.2 Å². The molecule has 0 radical (unpaired) electrons. The third kappa shape index (κ3) is 4.21. The van der Waals surface area contributed by atoms with E-state index in [9.17, 15) is 0 Å². The summed E-state index contributed by atoms with van der Waals surface area (Å²) in [5.74, 6) is 0.982. The molecule has 18 heavy (non-hydrogen) atoms. The van der Waals surface area contributed by atoms with Crippen LogP contribution >= 0.6 is 0 Å². The van der Waals surface area contributed by atoms with Gasteiger partial charge in [-0.1, -0.05) is 32.6 Å². The summed E-state index contributed by atoms with van der Waals surface area (Å²) in [7, 11) is 0. The van der Waals surface area contributed by atoms with Crippen molar-refractivity contribution in [2.24, 2.45) is 0 Å². The van der Waals surface area contributed by atoms with Gasteiger partial charge in [-0.3, -0.25) is 0 Å². The molecule has 100 valence electrons. The van der Waals surface area contributed by atoms with E-state index in [-0.39, 0.29) is 0 Å². The SMILES string of the molecule is CCCNc1cc(NC2CCCCCC2)ccn1. The standard InChI is InChI=1S/C15H25N3/c1-2-10-16-15-12-14(9-11-17-15)18-13-7-5-3-4-6-8-13/h9,11-13H,2-8,10H2,1H3,(H2,16,17,18). The number of rotatable bonds is 5. The molecule has 0 saturated heterocycles. The highest BCUT2D eigenvalue weighted by Gasteiger charge is 2.11. The maximum absolute atomic E-state index is 4.34. The zero-order valence-corrected chi connectivity index (χ0v) is 11.4. The second-order valence-corrected chi connectivity index (χ2v) is 5.19. The molecule has 0 aliphatic heterocycles. The Morgan fingerprint density at radius 1 is 1.22 bits per heavy atom. The van der Waals surface area contributed by atoms with Gasteiger partial charge < -0.3 is 10.6 Å². The minimum absolute atomic E-state index is 0.647. The summed E-state index contributed by atoms with van der Waals surface area (Å²) < 4.78 is 0. The van der Waals surface area contributed by atoms with Crippen molar-refractivity contribution in [2.45, 2.75) is 57.9 Å². The van der Waals surface area contributed by atoms with Crippen LogP contribution in [0.2, 0.25) is 0 Å². The molecule has 1 aromatic rings. The maximum atomic E-state index is 4.34. The van der Waals surface area contributed by atoms with Gasteiger partial charge in [0.2, 0.25) is 0 Å². The number of nitrogens with zero attached hydrogens (tertiary/aromatic N) is 1. The molecule has 2 N–H and O–H groups in total. The van der Waals surface area contributed by atoms with E-state index in [4.69, 9.17) is 0 Å². The van der Waals surface area contributed by atoms with Gasteiger partial charge in [0.1, 0.15) is 5.82 Å². The van der Waals surface area contributed by atoms with E-state index in [1.807, 2.05) is 6.20 Å². The zero-order valence-electron chi connectivity index (χ0n) is 11.4. The Bertz CT molecular complexity index is 343. The Hall–Kier alpha value is -1.25. The molecule has 0 atom stereocenters. The molecule has 2 rings (SSSR count). The molecule has 1 aliphatic carbocycles. The van der Waals surface area contributed by atoms with Crippen LogP contribution in [-0.2, 0) is 0 Å². The summed E-state index contributed by atoms with van der Waals surface area (Å²) in [6.45, 7) is 3.15. The van der Waals surface area contributed by atoms with Gasteiger partial charge in [-0.2, -0.15) is 0 Å². The third-order valence-corrected chi connectivity index (χ3v) is 3.54. The van der Waals surface area contributed by atoms with Crippen LogP contribution in [0.5, 0.6) is 0 Å². The minimum atomic E-state index is 0.647. The average molecular weight is 247 g/mol. The molecule has 3 heteroatoms. The molecule has 1 aromatic heterocycles. The van der Waals surface area contributed by atoms with Crippen LogP contribution in [0, 0.1) is 0 Å². The first-order chi connectivity index (χ1) is 8.88. The number of hydrogen-bond acceptors (Lipinski definition) is 3. The van der Waals surface area contributed by atoms with Crippen molar-refractivity contribution in [3.05, 3.63) is 18.3 Å². The van der Waals surface area contributed by atoms with Gasteiger partial charge in [-0.25, -0.2) is 4.98 Å². The largest absolute Gasteiger partial charge is 0.382 e. The van der Waals surface area contributed by atoms with Crippen LogP contribution in [0.1, 0.15) is 51.9 Å². The smallest absolute Gasteiger partial charge is 0.127 e. The number of nitrogens with one attached hydrogen (secondary N) is 2. The van der Waals surface area contributed by atoms with Crippen molar-refractivity contribution in [3.63, 3.8) is 0 Å². The highest BCUT2D eigenvalue weighted by Crippen LogP contribution is 2.21. The summed E-state index contributed by atoms with van der Waals surface area (Å²) in [6.07, 6.45) is 11.2. The van der Waals surface area contributed by atoms with Crippen LogP contribution in [0.3, 0.4) is 0 Å². The molecule has 0 unspecified atom stereocenters. The van der Waals surface area contributed by atoms with Gasteiger partial charge in [-0.15, -0.1) is 0 Å². The second-order valence-electron chi connectivity index (χ2n) is 5.19. The second kappa shape index (κ2) is 7.24. The first-order valence-corrected chi connectivity index (χ1v) is 7.35. The fraction of sp³-hybridized carbons (Fsp3) is 0.667. The Balaban J connectivity index is 1.91. The van der Waals surface area contributed by atoms with Crippen LogP contribution in [-0.4, -0.2) is 17.6 Å². The van der Waals surface area contributed by atoms with Crippen molar-refractivity contribution >= 4 is 11.5 Å². The predicted octanol–water partition coefficient (Wildman–Crippen LogP) is 4.04. The van der Waals surface area contributed by atoms with Crippen molar-refractivity contribution in [1.82, 2.24) is 4.98 Å². The van der Waals surface area contributed by atoms with Crippen LogP contribution in [0.15, 0.2) is 18.3 Å². The van der Waals surface area contributed by atoms with Gasteiger partial charge in [0.15, 0.2) is 0 Å². The first kappa shape index (κ1) is 13.2. The van der Waals surface area contributed by atoms with Gasteiger partial charge in [0, 0.05) is 30.5 Å². The molecule has 0 bridgehead atoms. The lowest BCUT2D eigenvalue weighted by Crippen LogP contribution is -2.18. The lowest BCUT2D eigenvalue weighted by molar-refractivity contribution is 0.620. The Morgan fingerprint density at radius 2 is 2.00 bits per heavy atom. The van der Waals surface area contributed by atoms with E-state index < -0.39 is 0 Å². The number of pyridine rings is 1. The monoisotopic (exact) mass is 247 g/mol. The summed E-state index contributed by atoms with van der Waals surface area (Å²) in [4.78, 5) is 4.34. The van der Waals surface area contributed by atoms with Gasteiger partial charge >= 0.3 is 0 Å². The number of hydrogen-bond donors (Lipinski definition) is 2.